The number of benzene rings is 2. The maximum absolute atomic E-state index is 13.9. The summed E-state index contributed by atoms with van der Waals surface area (Å²) < 4.78 is 13.9. The van der Waals surface area contributed by atoms with Gasteiger partial charge in [0.15, 0.2) is 0 Å². The minimum absolute atomic E-state index is 0.140. The lowest BCUT2D eigenvalue weighted by atomic mass is 10.1. The highest BCUT2D eigenvalue weighted by molar-refractivity contribution is 7.09. The molecule has 0 atom stereocenters. The average Bonchev–Trinajstić information content (AvgIpc) is 3.16. The van der Waals surface area contributed by atoms with Crippen LogP contribution in [-0.4, -0.2) is 36.1 Å². The summed E-state index contributed by atoms with van der Waals surface area (Å²) in [5.41, 5.74) is 3.22. The highest BCUT2D eigenvalue weighted by atomic mass is 32.1. The minimum Gasteiger partial charge on any atom is -0.368 e. The van der Waals surface area contributed by atoms with Crippen molar-refractivity contribution < 1.29 is 4.39 Å². The molecule has 2 heterocycles. The number of thiazole rings is 1. The Labute approximate surface area is 168 Å². The SMILES string of the molecule is N#Cc1c(F)cccc1N1CCN(Cc2csc(Cc3ccccc3)n2)CC1. The first-order valence-corrected chi connectivity index (χ1v) is 10.2. The largest absolute Gasteiger partial charge is 0.368 e. The normalized spacial score (nSPS) is 14.8. The molecular weight excluding hydrogens is 371 g/mol. The summed E-state index contributed by atoms with van der Waals surface area (Å²) in [5.74, 6) is -0.448. The average molecular weight is 393 g/mol. The number of aromatic nitrogens is 1. The summed E-state index contributed by atoms with van der Waals surface area (Å²) in [6.45, 7) is 4.12. The van der Waals surface area contributed by atoms with E-state index in [9.17, 15) is 9.65 Å². The van der Waals surface area contributed by atoms with Gasteiger partial charge >= 0.3 is 0 Å². The molecule has 0 spiro atoms. The van der Waals surface area contributed by atoms with Gasteiger partial charge in [0.05, 0.1) is 16.4 Å². The van der Waals surface area contributed by atoms with E-state index < -0.39 is 5.82 Å². The van der Waals surface area contributed by atoms with E-state index in [4.69, 9.17) is 4.98 Å². The van der Waals surface area contributed by atoms with Gasteiger partial charge in [-0.15, -0.1) is 11.3 Å². The molecule has 0 radical (unpaired) electrons. The Morgan fingerprint density at radius 1 is 1.04 bits per heavy atom. The Bertz CT molecular complexity index is 972. The zero-order chi connectivity index (χ0) is 19.3. The molecule has 0 amide bonds. The van der Waals surface area contributed by atoms with E-state index in [1.165, 1.54) is 11.6 Å². The van der Waals surface area contributed by atoms with Crippen molar-refractivity contribution in [2.24, 2.45) is 0 Å². The van der Waals surface area contributed by atoms with E-state index in [0.717, 1.165) is 49.8 Å². The molecule has 1 fully saturated rings. The third kappa shape index (κ3) is 4.22. The molecule has 0 saturated carbocycles. The van der Waals surface area contributed by atoms with Crippen LogP contribution >= 0.6 is 11.3 Å². The molecule has 28 heavy (non-hydrogen) atoms. The fraction of sp³-hybridized carbons (Fsp3) is 0.273. The Balaban J connectivity index is 1.34. The van der Waals surface area contributed by atoms with Crippen molar-refractivity contribution in [2.45, 2.75) is 13.0 Å². The third-order valence-electron chi connectivity index (χ3n) is 5.00. The van der Waals surface area contributed by atoms with Crippen molar-refractivity contribution in [3.8, 4) is 6.07 Å². The summed E-state index contributed by atoms with van der Waals surface area (Å²) in [6, 6.07) is 17.2. The number of nitrogens with zero attached hydrogens (tertiary/aromatic N) is 4. The van der Waals surface area contributed by atoms with Gasteiger partial charge in [-0.05, 0) is 17.7 Å². The molecule has 1 aliphatic heterocycles. The van der Waals surface area contributed by atoms with Gasteiger partial charge in [0.25, 0.3) is 0 Å². The van der Waals surface area contributed by atoms with Crippen LogP contribution in [0.1, 0.15) is 21.8 Å². The Morgan fingerprint density at radius 3 is 2.57 bits per heavy atom. The molecule has 0 bridgehead atoms. The molecule has 2 aromatic carbocycles. The van der Waals surface area contributed by atoms with Crippen molar-refractivity contribution in [1.82, 2.24) is 9.88 Å². The maximum Gasteiger partial charge on any atom is 0.143 e. The summed E-state index contributed by atoms with van der Waals surface area (Å²) in [5, 5.41) is 12.5. The topological polar surface area (TPSA) is 43.2 Å². The lowest BCUT2D eigenvalue weighted by Gasteiger charge is -2.36. The number of piperazine rings is 1. The summed E-state index contributed by atoms with van der Waals surface area (Å²) in [7, 11) is 0. The zero-order valence-electron chi connectivity index (χ0n) is 15.5. The summed E-state index contributed by atoms with van der Waals surface area (Å²) in [6.07, 6.45) is 0.871. The van der Waals surface area contributed by atoms with Gasteiger partial charge in [0.2, 0.25) is 0 Å². The molecule has 0 unspecified atom stereocenters. The first kappa shape index (κ1) is 18.6. The molecule has 4 nitrogen and oxygen atoms in total. The fourth-order valence-corrected chi connectivity index (χ4v) is 4.36. The fourth-order valence-electron chi connectivity index (χ4n) is 3.54. The van der Waals surface area contributed by atoms with Gasteiger partial charge in [-0.3, -0.25) is 4.90 Å². The smallest absolute Gasteiger partial charge is 0.143 e. The number of rotatable bonds is 5. The maximum atomic E-state index is 13.9. The van der Waals surface area contributed by atoms with Crippen LogP contribution in [0.4, 0.5) is 10.1 Å². The van der Waals surface area contributed by atoms with E-state index in [0.29, 0.717) is 5.69 Å². The van der Waals surface area contributed by atoms with E-state index in [2.05, 4.69) is 39.4 Å². The number of hydrogen-bond acceptors (Lipinski definition) is 5. The lowest BCUT2D eigenvalue weighted by molar-refractivity contribution is 0.247. The highest BCUT2D eigenvalue weighted by Gasteiger charge is 2.21. The van der Waals surface area contributed by atoms with Crippen LogP contribution in [0, 0.1) is 17.1 Å². The number of hydrogen-bond donors (Lipinski definition) is 0. The van der Waals surface area contributed by atoms with Crippen LogP contribution < -0.4 is 4.90 Å². The lowest BCUT2D eigenvalue weighted by Crippen LogP contribution is -2.46. The molecule has 0 N–H and O–H groups in total. The van der Waals surface area contributed by atoms with Gasteiger partial charge in [-0.2, -0.15) is 5.26 Å². The first-order valence-electron chi connectivity index (χ1n) is 9.36. The second-order valence-electron chi connectivity index (χ2n) is 6.90. The second kappa shape index (κ2) is 8.51. The molecule has 4 rings (SSSR count). The van der Waals surface area contributed by atoms with Crippen LogP contribution in [0.5, 0.6) is 0 Å². The van der Waals surface area contributed by atoms with Crippen molar-refractivity contribution in [3.63, 3.8) is 0 Å². The van der Waals surface area contributed by atoms with E-state index in [-0.39, 0.29) is 5.56 Å². The van der Waals surface area contributed by atoms with Crippen LogP contribution in [0.3, 0.4) is 0 Å². The monoisotopic (exact) mass is 392 g/mol. The number of anilines is 1. The quantitative estimate of drug-likeness (QED) is 0.657. The van der Waals surface area contributed by atoms with E-state index in [1.54, 1.807) is 17.4 Å². The van der Waals surface area contributed by atoms with Crippen LogP contribution in [-0.2, 0) is 13.0 Å². The Hall–Kier alpha value is -2.75. The van der Waals surface area contributed by atoms with Crippen LogP contribution in [0.15, 0.2) is 53.9 Å². The standard InChI is InChI=1S/C22H21FN4S/c23-20-7-4-8-21(19(20)14-24)27-11-9-26(10-12-27)15-18-16-28-22(25-18)13-17-5-2-1-3-6-17/h1-8,16H,9-13,15H2. The minimum atomic E-state index is -0.448. The van der Waals surface area contributed by atoms with Crippen molar-refractivity contribution in [1.29, 1.82) is 5.26 Å². The van der Waals surface area contributed by atoms with E-state index >= 15 is 0 Å². The molecule has 1 saturated heterocycles. The molecule has 1 aromatic heterocycles. The summed E-state index contributed by atoms with van der Waals surface area (Å²) >= 11 is 1.71. The van der Waals surface area contributed by atoms with Gasteiger partial charge in [-0.25, -0.2) is 9.37 Å². The first-order chi connectivity index (χ1) is 13.7. The molecular formula is C22H21FN4S. The second-order valence-corrected chi connectivity index (χ2v) is 7.85. The van der Waals surface area contributed by atoms with Crippen molar-refractivity contribution >= 4 is 17.0 Å². The zero-order valence-corrected chi connectivity index (χ0v) is 16.3. The summed E-state index contributed by atoms with van der Waals surface area (Å²) in [4.78, 5) is 9.25. The van der Waals surface area contributed by atoms with Crippen molar-refractivity contribution in [3.05, 3.63) is 81.6 Å². The van der Waals surface area contributed by atoms with Crippen molar-refractivity contribution in [2.75, 3.05) is 31.1 Å². The number of halogens is 1. The predicted octanol–water partition coefficient (Wildman–Crippen LogP) is 4.07. The van der Waals surface area contributed by atoms with Gasteiger partial charge in [-0.1, -0.05) is 36.4 Å². The Kier molecular flexibility index (Phi) is 5.65. The van der Waals surface area contributed by atoms with E-state index in [1.807, 2.05) is 18.2 Å². The van der Waals surface area contributed by atoms with Crippen LogP contribution in [0.25, 0.3) is 0 Å². The predicted molar refractivity (Wildman–Crippen MR) is 110 cm³/mol. The molecule has 3 aromatic rings. The van der Waals surface area contributed by atoms with Gasteiger partial charge in [0, 0.05) is 44.5 Å². The molecule has 6 heteroatoms. The number of nitriles is 1. The molecule has 0 aliphatic carbocycles. The molecule has 1 aliphatic rings. The third-order valence-corrected chi connectivity index (χ3v) is 5.90. The molecule has 142 valence electrons. The van der Waals surface area contributed by atoms with Crippen LogP contribution in [0.2, 0.25) is 0 Å². The van der Waals surface area contributed by atoms with Gasteiger partial charge < -0.3 is 4.90 Å². The highest BCUT2D eigenvalue weighted by Crippen LogP contribution is 2.24. The Morgan fingerprint density at radius 2 is 1.82 bits per heavy atom. The van der Waals surface area contributed by atoms with Gasteiger partial charge in [0.1, 0.15) is 17.4 Å².